The number of hydrogen-bond acceptors (Lipinski definition) is 3. The first-order valence-corrected chi connectivity index (χ1v) is 10.1. The number of amides is 1. The van der Waals surface area contributed by atoms with Gasteiger partial charge in [-0.05, 0) is 37.1 Å². The van der Waals surface area contributed by atoms with E-state index in [-0.39, 0.29) is 17.7 Å². The molecule has 1 aliphatic carbocycles. The van der Waals surface area contributed by atoms with Gasteiger partial charge >= 0.3 is 0 Å². The van der Waals surface area contributed by atoms with E-state index < -0.39 is 0 Å². The maximum Gasteiger partial charge on any atom is 0.251 e. The monoisotopic (exact) mass is 395 g/mol. The van der Waals surface area contributed by atoms with Crippen molar-refractivity contribution >= 4 is 22.7 Å². The molecule has 0 saturated heterocycles. The van der Waals surface area contributed by atoms with Crippen LogP contribution in [0.3, 0.4) is 0 Å². The number of fused-ring (bicyclic) bond motifs is 1. The van der Waals surface area contributed by atoms with Gasteiger partial charge in [0, 0.05) is 28.7 Å². The molecule has 5 heteroatoms. The summed E-state index contributed by atoms with van der Waals surface area (Å²) >= 11 is 0. The summed E-state index contributed by atoms with van der Waals surface area (Å²) in [6.45, 7) is 1.55. The molecule has 5 rings (SSSR count). The van der Waals surface area contributed by atoms with Gasteiger partial charge in [-0.15, -0.1) is 0 Å². The molecule has 1 fully saturated rings. The molecule has 148 valence electrons. The Labute approximate surface area is 174 Å². The molecule has 0 aliphatic heterocycles. The molecule has 0 radical (unpaired) electrons. The number of nitrogens with one attached hydrogen (secondary N) is 2. The number of hydrogen-bond donors (Lipinski definition) is 2. The average Bonchev–Trinajstić information content (AvgIpc) is 3.40. The molecule has 0 spiro atoms. The number of carbonyl (C=O) groups is 2. The zero-order valence-electron chi connectivity index (χ0n) is 16.6. The van der Waals surface area contributed by atoms with Crippen molar-refractivity contribution in [3.05, 3.63) is 89.5 Å². The van der Waals surface area contributed by atoms with Crippen LogP contribution in [0, 0.1) is 0 Å². The van der Waals surface area contributed by atoms with Gasteiger partial charge in [-0.2, -0.15) is 0 Å². The highest BCUT2D eigenvalue weighted by Crippen LogP contribution is 2.40. The molecule has 1 heterocycles. The molecule has 3 aromatic carbocycles. The van der Waals surface area contributed by atoms with Gasteiger partial charge in [-0.1, -0.05) is 54.6 Å². The van der Waals surface area contributed by atoms with E-state index in [1.165, 1.54) is 5.56 Å². The van der Waals surface area contributed by atoms with Gasteiger partial charge in [0.05, 0.1) is 11.0 Å². The van der Waals surface area contributed by atoms with E-state index in [1.807, 2.05) is 42.5 Å². The Balaban J connectivity index is 1.32. The van der Waals surface area contributed by atoms with Gasteiger partial charge in [0.2, 0.25) is 0 Å². The summed E-state index contributed by atoms with van der Waals surface area (Å²) in [4.78, 5) is 32.1. The normalized spacial score (nSPS) is 17.6. The van der Waals surface area contributed by atoms with E-state index in [0.29, 0.717) is 22.9 Å². The van der Waals surface area contributed by atoms with E-state index in [9.17, 15) is 9.59 Å². The first-order valence-electron chi connectivity index (χ1n) is 10.1. The number of benzene rings is 3. The van der Waals surface area contributed by atoms with Gasteiger partial charge < -0.3 is 10.3 Å². The third-order valence-corrected chi connectivity index (χ3v) is 5.64. The summed E-state index contributed by atoms with van der Waals surface area (Å²) in [5, 5.41) is 3.13. The minimum atomic E-state index is -0.0673. The van der Waals surface area contributed by atoms with Crippen molar-refractivity contribution in [3.63, 3.8) is 0 Å². The molecule has 2 unspecified atom stereocenters. The number of carbonyl (C=O) groups excluding carboxylic acids is 2. The number of ketones is 1. The van der Waals surface area contributed by atoms with E-state index >= 15 is 0 Å². The second-order valence-electron chi connectivity index (χ2n) is 7.78. The number of Topliss-reactive ketones (excluding diaryl/α,β-unsaturated/α-hetero) is 1. The zero-order valence-corrected chi connectivity index (χ0v) is 16.6. The molecule has 1 saturated carbocycles. The number of nitrogens with zero attached hydrogens (tertiary/aromatic N) is 1. The highest BCUT2D eigenvalue weighted by atomic mass is 16.1. The summed E-state index contributed by atoms with van der Waals surface area (Å²) < 4.78 is 0. The number of aromatic amines is 1. The van der Waals surface area contributed by atoms with E-state index in [2.05, 4.69) is 27.4 Å². The van der Waals surface area contributed by atoms with E-state index in [1.54, 1.807) is 25.1 Å². The lowest BCUT2D eigenvalue weighted by molar-refractivity contribution is 0.0949. The van der Waals surface area contributed by atoms with Crippen molar-refractivity contribution < 1.29 is 9.59 Å². The second kappa shape index (κ2) is 7.26. The van der Waals surface area contributed by atoms with E-state index in [0.717, 1.165) is 23.0 Å². The molecule has 1 aliphatic rings. The van der Waals surface area contributed by atoms with Crippen LogP contribution in [0.5, 0.6) is 0 Å². The first kappa shape index (κ1) is 18.3. The quantitative estimate of drug-likeness (QED) is 0.480. The molecule has 2 atom stereocenters. The van der Waals surface area contributed by atoms with Crippen molar-refractivity contribution in [3.8, 4) is 11.4 Å². The van der Waals surface area contributed by atoms with Crippen molar-refractivity contribution in [2.24, 2.45) is 0 Å². The standard InChI is InChI=1S/C25H21N3O2/c1-15(29)16-7-9-18(10-8-16)24-26-21-12-11-19(13-23(21)27-24)25(30)28-22-14-20(22)17-5-3-2-4-6-17/h2-13,20,22H,14H2,1H3,(H,26,27)(H,28,30). The summed E-state index contributed by atoms with van der Waals surface area (Å²) in [7, 11) is 0. The largest absolute Gasteiger partial charge is 0.349 e. The Bertz CT molecular complexity index is 1240. The highest BCUT2D eigenvalue weighted by molar-refractivity contribution is 5.98. The number of imidazole rings is 1. The Hall–Kier alpha value is -3.73. The van der Waals surface area contributed by atoms with Crippen LogP contribution in [0.25, 0.3) is 22.4 Å². The minimum Gasteiger partial charge on any atom is -0.349 e. The van der Waals surface area contributed by atoms with Crippen LogP contribution in [-0.4, -0.2) is 27.7 Å². The fourth-order valence-corrected chi connectivity index (χ4v) is 3.83. The molecule has 4 aromatic rings. The topological polar surface area (TPSA) is 74.8 Å². The van der Waals surface area contributed by atoms with Crippen LogP contribution >= 0.6 is 0 Å². The van der Waals surface area contributed by atoms with Gasteiger partial charge in [0.1, 0.15) is 5.82 Å². The maximum atomic E-state index is 12.7. The Morgan fingerprint density at radius 3 is 2.43 bits per heavy atom. The lowest BCUT2D eigenvalue weighted by Crippen LogP contribution is -2.26. The summed E-state index contributed by atoms with van der Waals surface area (Å²) in [6, 6.07) is 23.3. The summed E-state index contributed by atoms with van der Waals surface area (Å²) in [5.74, 6) is 1.08. The van der Waals surface area contributed by atoms with Crippen LogP contribution in [0.2, 0.25) is 0 Å². The predicted molar refractivity (Wildman–Crippen MR) is 117 cm³/mol. The van der Waals surface area contributed by atoms with Crippen molar-refractivity contribution in [1.82, 2.24) is 15.3 Å². The summed E-state index contributed by atoms with van der Waals surface area (Å²) in [5.41, 5.74) is 5.05. The molecule has 5 nitrogen and oxygen atoms in total. The Kier molecular flexibility index (Phi) is 4.43. The number of H-pyrrole nitrogens is 1. The smallest absolute Gasteiger partial charge is 0.251 e. The molecular weight excluding hydrogens is 374 g/mol. The third-order valence-electron chi connectivity index (χ3n) is 5.64. The van der Waals surface area contributed by atoms with Crippen LogP contribution in [0.4, 0.5) is 0 Å². The fraction of sp³-hybridized carbons (Fsp3) is 0.160. The molecule has 2 N–H and O–H groups in total. The van der Waals surface area contributed by atoms with Gasteiger partial charge in [0.25, 0.3) is 5.91 Å². The molecule has 30 heavy (non-hydrogen) atoms. The van der Waals surface area contributed by atoms with Gasteiger partial charge in [-0.3, -0.25) is 9.59 Å². The SMILES string of the molecule is CC(=O)c1ccc(-c2nc3ccc(C(=O)NC4CC4c4ccccc4)cc3[nH]2)cc1. The van der Waals surface area contributed by atoms with Crippen LogP contribution in [-0.2, 0) is 0 Å². The predicted octanol–water partition coefficient (Wildman–Crippen LogP) is 4.72. The lowest BCUT2D eigenvalue weighted by atomic mass is 10.1. The number of aromatic nitrogens is 2. The van der Waals surface area contributed by atoms with Crippen LogP contribution in [0.15, 0.2) is 72.8 Å². The Morgan fingerprint density at radius 2 is 1.70 bits per heavy atom. The van der Waals surface area contributed by atoms with Crippen molar-refractivity contribution in [1.29, 1.82) is 0 Å². The zero-order chi connectivity index (χ0) is 20.7. The number of rotatable bonds is 5. The molecule has 0 bridgehead atoms. The Morgan fingerprint density at radius 1 is 0.967 bits per heavy atom. The third kappa shape index (κ3) is 3.50. The van der Waals surface area contributed by atoms with Crippen molar-refractivity contribution in [2.45, 2.75) is 25.3 Å². The fourth-order valence-electron chi connectivity index (χ4n) is 3.83. The van der Waals surface area contributed by atoms with Gasteiger partial charge in [-0.25, -0.2) is 4.98 Å². The summed E-state index contributed by atoms with van der Waals surface area (Å²) in [6.07, 6.45) is 0.975. The lowest BCUT2D eigenvalue weighted by Gasteiger charge is -2.05. The first-order chi connectivity index (χ1) is 14.6. The minimum absolute atomic E-state index is 0.0342. The maximum absolute atomic E-state index is 12.7. The molecular formula is C25H21N3O2. The van der Waals surface area contributed by atoms with E-state index in [4.69, 9.17) is 0 Å². The van der Waals surface area contributed by atoms with Crippen molar-refractivity contribution in [2.75, 3.05) is 0 Å². The van der Waals surface area contributed by atoms with Crippen LogP contribution in [0.1, 0.15) is 45.5 Å². The second-order valence-corrected chi connectivity index (χ2v) is 7.78. The van der Waals surface area contributed by atoms with Gasteiger partial charge in [0.15, 0.2) is 5.78 Å². The molecule has 1 aromatic heterocycles. The molecule has 1 amide bonds. The van der Waals surface area contributed by atoms with Crippen LogP contribution < -0.4 is 5.32 Å². The highest BCUT2D eigenvalue weighted by Gasteiger charge is 2.39. The average molecular weight is 395 g/mol.